The predicted molar refractivity (Wildman–Crippen MR) is 66.7 cm³/mol. The van der Waals surface area contributed by atoms with Crippen molar-refractivity contribution in [1.82, 2.24) is 0 Å². The van der Waals surface area contributed by atoms with Crippen molar-refractivity contribution in [2.45, 2.75) is 58.3 Å². The van der Waals surface area contributed by atoms with E-state index in [9.17, 15) is 9.59 Å². The van der Waals surface area contributed by atoms with Crippen LogP contribution < -0.4 is 0 Å². The van der Waals surface area contributed by atoms with Gasteiger partial charge in [0.2, 0.25) is 0 Å². The third-order valence-electron chi connectivity index (χ3n) is 3.36. The molecule has 0 heterocycles. The zero-order valence-corrected chi connectivity index (χ0v) is 10.9. The Morgan fingerprint density at radius 3 is 2.47 bits per heavy atom. The summed E-state index contributed by atoms with van der Waals surface area (Å²) in [4.78, 5) is 22.4. The van der Waals surface area contributed by atoms with Gasteiger partial charge < -0.3 is 4.74 Å². The number of carbonyl (C=O) groups excluding carboxylic acids is 2. The van der Waals surface area contributed by atoms with Crippen LogP contribution in [0.2, 0.25) is 0 Å². The number of Topliss-reactive ketones (excluding diaryl/α,β-unsaturated/α-hetero) is 1. The number of rotatable bonds is 7. The monoisotopic (exact) mass is 238 g/mol. The average Bonchev–Trinajstić information content (AvgIpc) is 2.64. The van der Waals surface area contributed by atoms with E-state index in [2.05, 4.69) is 11.7 Å². The van der Waals surface area contributed by atoms with Crippen molar-refractivity contribution < 1.29 is 14.3 Å². The molecular weight excluding hydrogens is 216 g/mol. The van der Waals surface area contributed by atoms with E-state index >= 15 is 0 Å². The summed E-state index contributed by atoms with van der Waals surface area (Å²) in [6.45, 7) is 2.07. The van der Waals surface area contributed by atoms with Crippen LogP contribution in [0.4, 0.5) is 0 Å². The number of ketones is 1. The van der Waals surface area contributed by atoms with Crippen LogP contribution in [0.25, 0.3) is 0 Å². The lowest BCUT2D eigenvalue weighted by atomic mass is 10.0. The lowest BCUT2D eigenvalue weighted by Crippen LogP contribution is -1.99. The fourth-order valence-corrected chi connectivity index (χ4v) is 2.22. The van der Waals surface area contributed by atoms with Crippen molar-refractivity contribution in [3.8, 4) is 0 Å². The van der Waals surface area contributed by atoms with E-state index in [4.69, 9.17) is 0 Å². The van der Waals surface area contributed by atoms with Crippen LogP contribution in [0.15, 0.2) is 11.1 Å². The number of allylic oxidation sites excluding steroid dienone is 2. The number of carbonyl (C=O) groups is 2. The first-order chi connectivity index (χ1) is 8.15. The van der Waals surface area contributed by atoms with Gasteiger partial charge in [-0.2, -0.15) is 0 Å². The summed E-state index contributed by atoms with van der Waals surface area (Å²) in [5, 5.41) is 0. The zero-order chi connectivity index (χ0) is 12.7. The molecule has 0 fully saturated rings. The summed E-state index contributed by atoms with van der Waals surface area (Å²) in [7, 11) is 1.42. The van der Waals surface area contributed by atoms with Gasteiger partial charge in [-0.25, -0.2) is 0 Å². The van der Waals surface area contributed by atoms with Gasteiger partial charge in [0.1, 0.15) is 0 Å². The molecule has 0 N–H and O–H groups in total. The highest BCUT2D eigenvalue weighted by molar-refractivity contribution is 5.98. The maximum atomic E-state index is 11.5. The highest BCUT2D eigenvalue weighted by Gasteiger charge is 2.18. The first kappa shape index (κ1) is 13.9. The molecule has 0 aromatic heterocycles. The van der Waals surface area contributed by atoms with Crippen LogP contribution >= 0.6 is 0 Å². The Morgan fingerprint density at radius 2 is 1.88 bits per heavy atom. The topological polar surface area (TPSA) is 43.4 Å². The fourth-order valence-electron chi connectivity index (χ4n) is 2.22. The summed E-state index contributed by atoms with van der Waals surface area (Å²) in [5.74, 6) is 0.214. The molecule has 17 heavy (non-hydrogen) atoms. The minimum absolute atomic E-state index is 0.130. The Balaban J connectivity index is 2.07. The molecule has 1 aliphatic carbocycles. The second-order valence-corrected chi connectivity index (χ2v) is 4.67. The molecule has 0 bridgehead atoms. The second-order valence-electron chi connectivity index (χ2n) is 4.67. The van der Waals surface area contributed by atoms with Gasteiger partial charge in [-0.1, -0.05) is 18.4 Å². The largest absolute Gasteiger partial charge is 0.469 e. The third-order valence-corrected chi connectivity index (χ3v) is 3.36. The van der Waals surface area contributed by atoms with E-state index < -0.39 is 0 Å². The van der Waals surface area contributed by atoms with Crippen LogP contribution in [0.3, 0.4) is 0 Å². The molecule has 1 aliphatic rings. The van der Waals surface area contributed by atoms with Crippen LogP contribution in [-0.4, -0.2) is 18.9 Å². The maximum absolute atomic E-state index is 11.5. The first-order valence-corrected chi connectivity index (χ1v) is 6.43. The van der Waals surface area contributed by atoms with Crippen LogP contribution in [0.5, 0.6) is 0 Å². The molecule has 3 nitrogen and oxygen atoms in total. The summed E-state index contributed by atoms with van der Waals surface area (Å²) in [6.07, 6.45) is 7.16. The van der Waals surface area contributed by atoms with Gasteiger partial charge in [-0.15, -0.1) is 0 Å². The molecule has 3 heteroatoms. The standard InChI is InChI=1S/C14H22O3/c1-11-9-10-13(15)12(11)7-5-3-4-6-8-14(16)17-2/h3-10H2,1-2H3. The van der Waals surface area contributed by atoms with Crippen LogP contribution in [0.1, 0.15) is 58.3 Å². The van der Waals surface area contributed by atoms with Crippen molar-refractivity contribution in [3.05, 3.63) is 11.1 Å². The molecule has 0 amide bonds. The SMILES string of the molecule is COC(=O)CCCCCCC1=C(C)CCC1=O. The van der Waals surface area contributed by atoms with Crippen molar-refractivity contribution in [1.29, 1.82) is 0 Å². The van der Waals surface area contributed by atoms with E-state index in [1.807, 2.05) is 0 Å². The minimum atomic E-state index is -0.130. The van der Waals surface area contributed by atoms with E-state index in [-0.39, 0.29) is 5.97 Å². The average molecular weight is 238 g/mol. The highest BCUT2D eigenvalue weighted by atomic mass is 16.5. The number of hydrogen-bond donors (Lipinski definition) is 0. The molecule has 0 aromatic carbocycles. The van der Waals surface area contributed by atoms with Crippen LogP contribution in [0, 0.1) is 0 Å². The number of unbranched alkanes of at least 4 members (excludes halogenated alkanes) is 3. The Kier molecular flexibility index (Phi) is 5.95. The molecule has 0 aromatic rings. The summed E-state index contributed by atoms with van der Waals surface area (Å²) >= 11 is 0. The molecule has 0 saturated carbocycles. The zero-order valence-electron chi connectivity index (χ0n) is 10.9. The molecule has 0 radical (unpaired) electrons. The molecule has 0 unspecified atom stereocenters. The number of ether oxygens (including phenoxy) is 1. The molecule has 96 valence electrons. The van der Waals surface area contributed by atoms with Gasteiger partial charge in [-0.05, 0) is 38.2 Å². The summed E-state index contributed by atoms with van der Waals surface area (Å²) in [6, 6.07) is 0. The fraction of sp³-hybridized carbons (Fsp3) is 0.714. The Morgan fingerprint density at radius 1 is 1.18 bits per heavy atom. The lowest BCUT2D eigenvalue weighted by Gasteiger charge is -2.03. The molecular formula is C14H22O3. The molecule has 0 atom stereocenters. The normalized spacial score (nSPS) is 15.5. The number of hydrogen-bond acceptors (Lipinski definition) is 3. The Labute approximate surface area is 103 Å². The van der Waals surface area contributed by atoms with E-state index in [1.54, 1.807) is 0 Å². The van der Waals surface area contributed by atoms with Gasteiger partial charge in [-0.3, -0.25) is 9.59 Å². The van der Waals surface area contributed by atoms with Gasteiger partial charge >= 0.3 is 5.97 Å². The Hall–Kier alpha value is -1.12. The minimum Gasteiger partial charge on any atom is -0.469 e. The predicted octanol–water partition coefficient (Wildman–Crippen LogP) is 3.18. The highest BCUT2D eigenvalue weighted by Crippen LogP contribution is 2.26. The maximum Gasteiger partial charge on any atom is 0.305 e. The van der Waals surface area contributed by atoms with Crippen LogP contribution in [-0.2, 0) is 14.3 Å². The molecule has 0 saturated heterocycles. The van der Waals surface area contributed by atoms with E-state index in [1.165, 1.54) is 12.7 Å². The molecule has 0 spiro atoms. The van der Waals surface area contributed by atoms with Gasteiger partial charge in [0.05, 0.1) is 7.11 Å². The van der Waals surface area contributed by atoms with Gasteiger partial charge in [0.25, 0.3) is 0 Å². The van der Waals surface area contributed by atoms with E-state index in [0.717, 1.165) is 44.1 Å². The van der Waals surface area contributed by atoms with Crippen molar-refractivity contribution >= 4 is 11.8 Å². The molecule has 1 rings (SSSR count). The van der Waals surface area contributed by atoms with Crippen molar-refractivity contribution in [2.75, 3.05) is 7.11 Å². The number of methoxy groups -OCH3 is 1. The second kappa shape index (κ2) is 7.25. The molecule has 0 aliphatic heterocycles. The van der Waals surface area contributed by atoms with Crippen molar-refractivity contribution in [2.24, 2.45) is 0 Å². The lowest BCUT2D eigenvalue weighted by molar-refractivity contribution is -0.140. The quantitative estimate of drug-likeness (QED) is 0.505. The van der Waals surface area contributed by atoms with Gasteiger partial charge in [0, 0.05) is 12.8 Å². The summed E-state index contributed by atoms with van der Waals surface area (Å²) in [5.41, 5.74) is 2.35. The Bertz CT molecular complexity index is 315. The van der Waals surface area contributed by atoms with Crippen molar-refractivity contribution in [3.63, 3.8) is 0 Å². The van der Waals surface area contributed by atoms with E-state index in [0.29, 0.717) is 18.6 Å². The number of esters is 1. The van der Waals surface area contributed by atoms with Gasteiger partial charge in [0.15, 0.2) is 5.78 Å². The third kappa shape index (κ3) is 4.72. The summed E-state index contributed by atoms with van der Waals surface area (Å²) < 4.78 is 4.58. The first-order valence-electron chi connectivity index (χ1n) is 6.43. The smallest absolute Gasteiger partial charge is 0.305 e.